The van der Waals surface area contributed by atoms with Gasteiger partial charge in [0.25, 0.3) is 5.56 Å². The molecule has 1 amide bonds. The number of carbonyl (C=O) groups excluding carboxylic acids is 1. The molecule has 3 aromatic rings. The van der Waals surface area contributed by atoms with E-state index in [1.807, 2.05) is 6.92 Å². The predicted molar refractivity (Wildman–Crippen MR) is 117 cm³/mol. The van der Waals surface area contributed by atoms with E-state index in [2.05, 4.69) is 34.1 Å². The quantitative estimate of drug-likeness (QED) is 0.415. The summed E-state index contributed by atoms with van der Waals surface area (Å²) in [5.74, 6) is 0.816. The summed E-state index contributed by atoms with van der Waals surface area (Å²) < 4.78 is 0. The number of aryl methyl sites for hydroxylation is 1. The van der Waals surface area contributed by atoms with Gasteiger partial charge in [0, 0.05) is 11.1 Å². The van der Waals surface area contributed by atoms with Crippen LogP contribution in [0.1, 0.15) is 30.7 Å². The zero-order valence-corrected chi connectivity index (χ0v) is 18.2. The third kappa shape index (κ3) is 4.92. The van der Waals surface area contributed by atoms with Crippen LogP contribution in [0.25, 0.3) is 10.2 Å². The lowest BCUT2D eigenvalue weighted by atomic mass is 9.98. The summed E-state index contributed by atoms with van der Waals surface area (Å²) in [7, 11) is 0. The van der Waals surface area contributed by atoms with Gasteiger partial charge in [0.1, 0.15) is 10.6 Å². The Balaban J connectivity index is 1.73. The molecule has 28 heavy (non-hydrogen) atoms. The Morgan fingerprint density at radius 3 is 2.89 bits per heavy atom. The van der Waals surface area contributed by atoms with Crippen LogP contribution in [0, 0.1) is 12.8 Å². The molecular weight excluding hydrogens is 416 g/mol. The zero-order chi connectivity index (χ0) is 20.3. The normalized spacial score (nSPS) is 12.3. The Labute approximate surface area is 176 Å². The summed E-state index contributed by atoms with van der Waals surface area (Å²) in [5, 5.41) is 4.31. The molecule has 148 valence electrons. The smallest absolute Gasteiger partial charge is 0.260 e. The monoisotopic (exact) mass is 436 g/mol. The second-order valence-electron chi connectivity index (χ2n) is 6.60. The van der Waals surface area contributed by atoms with Gasteiger partial charge in [-0.25, -0.2) is 9.97 Å². The SMILES string of the molecule is CCC(C)Cc1c(C)sc2nc(SCC(=O)Nc3ccc(Cl)cn3)[nH]c(=O)c12. The standard InChI is InChI=1S/C19H21ClN4O2S2/c1-4-10(2)7-13-11(3)28-18-16(13)17(26)23-19(24-18)27-9-15(25)22-14-6-5-12(20)8-21-14/h5-6,8,10H,4,7,9H2,1-3H3,(H,21,22,25)(H,23,24,26). The maximum Gasteiger partial charge on any atom is 0.260 e. The minimum Gasteiger partial charge on any atom is -0.310 e. The summed E-state index contributed by atoms with van der Waals surface area (Å²) in [6.45, 7) is 6.36. The Bertz CT molecular complexity index is 1050. The van der Waals surface area contributed by atoms with Gasteiger partial charge in [-0.1, -0.05) is 43.6 Å². The Morgan fingerprint density at radius 1 is 1.43 bits per heavy atom. The first kappa shape index (κ1) is 20.8. The number of pyridine rings is 1. The second-order valence-corrected chi connectivity index (χ2v) is 9.21. The van der Waals surface area contributed by atoms with E-state index in [4.69, 9.17) is 11.6 Å². The van der Waals surface area contributed by atoms with Crippen LogP contribution in [0.15, 0.2) is 28.3 Å². The highest BCUT2D eigenvalue weighted by molar-refractivity contribution is 7.99. The van der Waals surface area contributed by atoms with Gasteiger partial charge in [-0.3, -0.25) is 9.59 Å². The zero-order valence-electron chi connectivity index (χ0n) is 15.8. The molecule has 1 atom stereocenters. The number of carbonyl (C=O) groups is 1. The van der Waals surface area contributed by atoms with Crippen molar-refractivity contribution in [3.05, 3.63) is 44.1 Å². The van der Waals surface area contributed by atoms with E-state index >= 15 is 0 Å². The molecule has 0 saturated carbocycles. The number of nitrogens with zero attached hydrogens (tertiary/aromatic N) is 2. The van der Waals surface area contributed by atoms with Gasteiger partial charge >= 0.3 is 0 Å². The maximum absolute atomic E-state index is 12.6. The molecule has 1 unspecified atom stereocenters. The molecule has 0 aliphatic heterocycles. The summed E-state index contributed by atoms with van der Waals surface area (Å²) >= 11 is 8.50. The van der Waals surface area contributed by atoms with Crippen molar-refractivity contribution in [2.24, 2.45) is 5.92 Å². The molecule has 9 heteroatoms. The van der Waals surface area contributed by atoms with Crippen molar-refractivity contribution in [3.63, 3.8) is 0 Å². The summed E-state index contributed by atoms with van der Waals surface area (Å²) in [6.07, 6.45) is 3.40. The summed E-state index contributed by atoms with van der Waals surface area (Å²) in [4.78, 5) is 38.0. The summed E-state index contributed by atoms with van der Waals surface area (Å²) in [6, 6.07) is 3.28. The number of thioether (sulfide) groups is 1. The van der Waals surface area contributed by atoms with Crippen LogP contribution < -0.4 is 10.9 Å². The van der Waals surface area contributed by atoms with Crippen LogP contribution in [-0.4, -0.2) is 26.6 Å². The molecule has 3 heterocycles. The number of halogens is 1. The highest BCUT2D eigenvalue weighted by atomic mass is 35.5. The minimum absolute atomic E-state index is 0.114. The Hall–Kier alpha value is -1.90. The van der Waals surface area contributed by atoms with Gasteiger partial charge in [0.05, 0.1) is 16.2 Å². The molecule has 0 aromatic carbocycles. The number of thiophene rings is 1. The summed E-state index contributed by atoms with van der Waals surface area (Å²) in [5.41, 5.74) is 0.945. The van der Waals surface area contributed by atoms with E-state index in [-0.39, 0.29) is 17.2 Å². The number of anilines is 1. The number of nitrogens with one attached hydrogen (secondary N) is 2. The van der Waals surface area contributed by atoms with Gasteiger partial charge < -0.3 is 10.3 Å². The van der Waals surface area contributed by atoms with E-state index in [0.717, 1.165) is 28.1 Å². The van der Waals surface area contributed by atoms with Gasteiger partial charge in [0.15, 0.2) is 5.16 Å². The van der Waals surface area contributed by atoms with E-state index in [9.17, 15) is 9.59 Å². The van der Waals surface area contributed by atoms with Crippen molar-refractivity contribution in [1.82, 2.24) is 15.0 Å². The highest BCUT2D eigenvalue weighted by Gasteiger charge is 2.17. The van der Waals surface area contributed by atoms with Crippen molar-refractivity contribution in [2.45, 2.75) is 38.8 Å². The molecule has 0 fully saturated rings. The number of H-pyrrole nitrogens is 1. The molecule has 0 bridgehead atoms. The molecule has 6 nitrogen and oxygen atoms in total. The van der Waals surface area contributed by atoms with Gasteiger partial charge in [-0.2, -0.15) is 0 Å². The van der Waals surface area contributed by atoms with Gasteiger partial charge in [-0.15, -0.1) is 11.3 Å². The first-order valence-electron chi connectivity index (χ1n) is 8.93. The lowest BCUT2D eigenvalue weighted by Crippen LogP contribution is -2.16. The molecule has 0 aliphatic rings. The fraction of sp³-hybridized carbons (Fsp3) is 0.368. The van der Waals surface area contributed by atoms with E-state index in [1.54, 1.807) is 12.1 Å². The molecular formula is C19H21ClN4O2S2. The van der Waals surface area contributed by atoms with Crippen LogP contribution in [0.3, 0.4) is 0 Å². The van der Waals surface area contributed by atoms with Crippen LogP contribution in [0.2, 0.25) is 5.02 Å². The number of aromatic amines is 1. The number of rotatable bonds is 7. The van der Waals surface area contributed by atoms with Crippen LogP contribution in [-0.2, 0) is 11.2 Å². The first-order valence-corrected chi connectivity index (χ1v) is 11.1. The second kappa shape index (κ2) is 9.07. The number of aromatic nitrogens is 3. The molecule has 0 aliphatic carbocycles. The lowest BCUT2D eigenvalue weighted by molar-refractivity contribution is -0.113. The van der Waals surface area contributed by atoms with Crippen molar-refractivity contribution >= 4 is 56.6 Å². The fourth-order valence-electron chi connectivity index (χ4n) is 2.72. The average Bonchev–Trinajstić information content (AvgIpc) is 2.97. The fourth-order valence-corrected chi connectivity index (χ4v) is 4.61. The lowest BCUT2D eigenvalue weighted by Gasteiger charge is -2.08. The van der Waals surface area contributed by atoms with E-state index in [1.165, 1.54) is 29.3 Å². The largest absolute Gasteiger partial charge is 0.310 e. The molecule has 3 rings (SSSR count). The van der Waals surface area contributed by atoms with Crippen molar-refractivity contribution in [3.8, 4) is 0 Å². The van der Waals surface area contributed by atoms with Gasteiger partial charge in [-0.05, 0) is 37.0 Å². The Kier molecular flexibility index (Phi) is 6.74. The van der Waals surface area contributed by atoms with Crippen LogP contribution in [0.5, 0.6) is 0 Å². The topological polar surface area (TPSA) is 87.7 Å². The third-order valence-electron chi connectivity index (χ3n) is 4.43. The highest BCUT2D eigenvalue weighted by Crippen LogP contribution is 2.30. The number of fused-ring (bicyclic) bond motifs is 1. The van der Waals surface area contributed by atoms with E-state index < -0.39 is 0 Å². The minimum atomic E-state index is -0.234. The van der Waals surface area contributed by atoms with Gasteiger partial charge in [0.2, 0.25) is 5.91 Å². The molecule has 0 saturated heterocycles. The third-order valence-corrected chi connectivity index (χ3v) is 6.56. The van der Waals surface area contributed by atoms with Crippen LogP contribution >= 0.6 is 34.7 Å². The predicted octanol–water partition coefficient (Wildman–Crippen LogP) is 4.66. The van der Waals surface area contributed by atoms with Crippen molar-refractivity contribution < 1.29 is 4.79 Å². The maximum atomic E-state index is 12.6. The molecule has 3 aromatic heterocycles. The van der Waals surface area contributed by atoms with E-state index in [0.29, 0.717) is 27.3 Å². The molecule has 2 N–H and O–H groups in total. The average molecular weight is 437 g/mol. The number of hydrogen-bond acceptors (Lipinski definition) is 6. The first-order chi connectivity index (χ1) is 13.4. The molecule has 0 radical (unpaired) electrons. The molecule has 0 spiro atoms. The van der Waals surface area contributed by atoms with Crippen LogP contribution in [0.4, 0.5) is 5.82 Å². The Morgan fingerprint density at radius 2 is 2.21 bits per heavy atom. The number of hydrogen-bond donors (Lipinski definition) is 2. The van der Waals surface area contributed by atoms with Crippen molar-refractivity contribution in [2.75, 3.05) is 11.1 Å². The van der Waals surface area contributed by atoms with Crippen molar-refractivity contribution in [1.29, 1.82) is 0 Å². The number of amides is 1.